The van der Waals surface area contributed by atoms with Crippen LogP contribution in [0.3, 0.4) is 0 Å². The minimum atomic E-state index is -0.225. The van der Waals surface area contributed by atoms with Crippen LogP contribution >= 0.6 is 0 Å². The summed E-state index contributed by atoms with van der Waals surface area (Å²) in [5, 5.41) is 4.41. The Balaban J connectivity index is 1.54. The molecular weight excluding hydrogens is 376 g/mol. The first kappa shape index (κ1) is 18.6. The van der Waals surface area contributed by atoms with Gasteiger partial charge >= 0.3 is 0 Å². The number of rotatable bonds is 2. The number of para-hydroxylation sites is 2. The lowest BCUT2D eigenvalue weighted by Gasteiger charge is -2.24. The maximum Gasteiger partial charge on any atom is 0.279 e. The molecule has 5 rings (SSSR count). The third-order valence-electron chi connectivity index (χ3n) is 6.11. The van der Waals surface area contributed by atoms with Gasteiger partial charge in [0, 0.05) is 36.7 Å². The number of fused-ring (bicyclic) bond motifs is 2. The summed E-state index contributed by atoms with van der Waals surface area (Å²) in [5.74, 6) is -0.402. The molecule has 0 radical (unpaired) electrons. The van der Waals surface area contributed by atoms with Gasteiger partial charge in [-0.15, -0.1) is 0 Å². The normalized spacial score (nSPS) is 19.7. The molecule has 2 aliphatic rings. The predicted molar refractivity (Wildman–Crippen MR) is 116 cm³/mol. The fraction of sp³-hybridized carbons (Fsp3) is 0.292. The van der Waals surface area contributed by atoms with Gasteiger partial charge in [-0.2, -0.15) is 5.10 Å². The van der Waals surface area contributed by atoms with Crippen molar-refractivity contribution in [1.82, 2.24) is 9.78 Å². The van der Waals surface area contributed by atoms with Gasteiger partial charge in [0.1, 0.15) is 0 Å². The zero-order chi connectivity index (χ0) is 21.0. The quantitative estimate of drug-likeness (QED) is 0.660. The van der Waals surface area contributed by atoms with E-state index < -0.39 is 0 Å². The molecule has 6 nitrogen and oxygen atoms in total. The Kier molecular flexibility index (Phi) is 4.24. The lowest BCUT2D eigenvalue weighted by Crippen LogP contribution is -2.39. The molecule has 2 atom stereocenters. The fourth-order valence-corrected chi connectivity index (χ4v) is 4.80. The maximum atomic E-state index is 13.6. The Morgan fingerprint density at radius 2 is 1.33 bits per heavy atom. The minimum Gasteiger partial charge on any atom is -0.305 e. The van der Waals surface area contributed by atoms with Crippen molar-refractivity contribution >= 4 is 23.2 Å². The summed E-state index contributed by atoms with van der Waals surface area (Å²) in [6, 6.07) is 15.9. The number of aromatic nitrogens is 2. The second-order valence-corrected chi connectivity index (χ2v) is 8.28. The van der Waals surface area contributed by atoms with E-state index in [-0.39, 0.29) is 29.6 Å². The van der Waals surface area contributed by atoms with Crippen molar-refractivity contribution < 1.29 is 9.59 Å². The van der Waals surface area contributed by atoms with E-state index in [0.717, 1.165) is 35.3 Å². The number of anilines is 2. The van der Waals surface area contributed by atoms with E-state index in [1.807, 2.05) is 56.3 Å². The van der Waals surface area contributed by atoms with Gasteiger partial charge in [-0.25, -0.2) is 0 Å². The molecule has 0 spiro atoms. The molecule has 30 heavy (non-hydrogen) atoms. The number of hydrogen-bond donors (Lipinski definition) is 0. The third-order valence-corrected chi connectivity index (χ3v) is 6.11. The molecule has 0 saturated heterocycles. The fourth-order valence-electron chi connectivity index (χ4n) is 4.80. The van der Waals surface area contributed by atoms with Crippen LogP contribution in [0.1, 0.15) is 45.8 Å². The van der Waals surface area contributed by atoms with E-state index >= 15 is 0 Å². The topological polar surface area (TPSA) is 58.4 Å². The first-order valence-corrected chi connectivity index (χ1v) is 10.3. The van der Waals surface area contributed by atoms with Crippen LogP contribution in [0.2, 0.25) is 0 Å². The monoisotopic (exact) mass is 400 g/mol. The zero-order valence-corrected chi connectivity index (χ0v) is 17.4. The predicted octanol–water partition coefficient (Wildman–Crippen LogP) is 3.60. The smallest absolute Gasteiger partial charge is 0.279 e. The Morgan fingerprint density at radius 1 is 0.833 bits per heavy atom. The number of carbonyl (C=O) groups excluding carboxylic acids is 2. The van der Waals surface area contributed by atoms with Crippen molar-refractivity contribution in [1.29, 1.82) is 0 Å². The number of carbonyl (C=O) groups is 2. The average Bonchev–Trinajstić information content (AvgIpc) is 3.38. The standard InChI is InChI=1S/C24H24N4O2/c1-15-12-17-8-4-6-10-20(17)27(15)23(29)19-14-26(3)25-22(19)24(30)28-16(2)13-18-9-5-7-11-21(18)28/h4-11,14-16H,12-13H2,1-3H3/t15-,16-/m0/s1. The molecule has 0 aliphatic carbocycles. The van der Waals surface area contributed by atoms with Crippen LogP contribution in [0.4, 0.5) is 11.4 Å². The van der Waals surface area contributed by atoms with Crippen LogP contribution in [-0.2, 0) is 19.9 Å². The van der Waals surface area contributed by atoms with Crippen molar-refractivity contribution in [2.75, 3.05) is 9.80 Å². The Bertz CT molecular complexity index is 1080. The molecule has 2 aliphatic heterocycles. The first-order valence-electron chi connectivity index (χ1n) is 10.3. The minimum absolute atomic E-state index is 0.0197. The van der Waals surface area contributed by atoms with Crippen LogP contribution < -0.4 is 9.80 Å². The van der Waals surface area contributed by atoms with Crippen molar-refractivity contribution in [2.45, 2.75) is 38.8 Å². The molecule has 152 valence electrons. The summed E-state index contributed by atoms with van der Waals surface area (Å²) in [4.78, 5) is 30.8. The number of benzene rings is 2. The van der Waals surface area contributed by atoms with E-state index in [0.29, 0.717) is 5.56 Å². The number of nitrogens with zero attached hydrogens (tertiary/aromatic N) is 4. The molecule has 0 N–H and O–H groups in total. The lowest BCUT2D eigenvalue weighted by atomic mass is 10.1. The Labute approximate surface area is 175 Å². The first-order chi connectivity index (χ1) is 14.5. The summed E-state index contributed by atoms with van der Waals surface area (Å²) in [6.45, 7) is 4.07. The largest absolute Gasteiger partial charge is 0.305 e. The number of aryl methyl sites for hydroxylation is 1. The van der Waals surface area contributed by atoms with E-state index in [4.69, 9.17) is 0 Å². The van der Waals surface area contributed by atoms with Crippen molar-refractivity contribution in [3.63, 3.8) is 0 Å². The number of amides is 2. The van der Waals surface area contributed by atoms with Gasteiger partial charge in [-0.05, 0) is 49.9 Å². The van der Waals surface area contributed by atoms with Crippen LogP contribution in [0.25, 0.3) is 0 Å². The highest BCUT2D eigenvalue weighted by atomic mass is 16.2. The summed E-state index contributed by atoms with van der Waals surface area (Å²) in [7, 11) is 1.75. The van der Waals surface area contributed by atoms with Crippen molar-refractivity contribution in [3.05, 3.63) is 77.1 Å². The summed E-state index contributed by atoms with van der Waals surface area (Å²) >= 11 is 0. The van der Waals surface area contributed by atoms with Gasteiger partial charge in [0.2, 0.25) is 0 Å². The van der Waals surface area contributed by atoms with E-state index in [1.165, 1.54) is 0 Å². The van der Waals surface area contributed by atoms with E-state index in [9.17, 15) is 9.59 Å². The molecular formula is C24H24N4O2. The molecule has 0 saturated carbocycles. The van der Waals surface area contributed by atoms with Gasteiger partial charge in [-0.1, -0.05) is 36.4 Å². The summed E-state index contributed by atoms with van der Waals surface area (Å²) < 4.78 is 1.56. The zero-order valence-electron chi connectivity index (χ0n) is 17.4. The Morgan fingerprint density at radius 3 is 1.90 bits per heavy atom. The molecule has 0 bridgehead atoms. The van der Waals surface area contributed by atoms with Gasteiger partial charge in [-0.3, -0.25) is 14.3 Å². The molecule has 3 heterocycles. The molecule has 0 unspecified atom stereocenters. The molecule has 2 amide bonds. The van der Waals surface area contributed by atoms with E-state index in [1.54, 1.807) is 27.7 Å². The van der Waals surface area contributed by atoms with Gasteiger partial charge < -0.3 is 9.80 Å². The van der Waals surface area contributed by atoms with Crippen molar-refractivity contribution in [3.8, 4) is 0 Å². The SMILES string of the molecule is C[C@H]1Cc2ccccc2N1C(=O)c1cn(C)nc1C(=O)N1c2ccccc2C[C@@H]1C. The highest BCUT2D eigenvalue weighted by Gasteiger charge is 2.38. The average molecular weight is 400 g/mol. The van der Waals surface area contributed by atoms with Crippen LogP contribution in [0.15, 0.2) is 54.7 Å². The molecule has 1 aromatic heterocycles. The highest BCUT2D eigenvalue weighted by Crippen LogP contribution is 2.35. The second-order valence-electron chi connectivity index (χ2n) is 8.28. The molecule has 2 aromatic carbocycles. The van der Waals surface area contributed by atoms with E-state index in [2.05, 4.69) is 11.2 Å². The van der Waals surface area contributed by atoms with Gasteiger partial charge in [0.25, 0.3) is 11.8 Å². The third kappa shape index (κ3) is 2.75. The van der Waals surface area contributed by atoms with Crippen LogP contribution in [-0.4, -0.2) is 33.7 Å². The van der Waals surface area contributed by atoms with Crippen LogP contribution in [0.5, 0.6) is 0 Å². The highest BCUT2D eigenvalue weighted by molar-refractivity contribution is 6.17. The van der Waals surface area contributed by atoms with Crippen molar-refractivity contribution in [2.24, 2.45) is 7.05 Å². The second kappa shape index (κ2) is 6.83. The summed E-state index contributed by atoms with van der Waals surface area (Å²) in [6.07, 6.45) is 3.27. The van der Waals surface area contributed by atoms with Gasteiger partial charge in [0.05, 0.1) is 5.56 Å². The maximum absolute atomic E-state index is 13.6. The lowest BCUT2D eigenvalue weighted by molar-refractivity contribution is 0.0946. The van der Waals surface area contributed by atoms with Crippen LogP contribution in [0, 0.1) is 0 Å². The van der Waals surface area contributed by atoms with Gasteiger partial charge in [0.15, 0.2) is 5.69 Å². The number of hydrogen-bond acceptors (Lipinski definition) is 3. The molecule has 6 heteroatoms. The molecule has 3 aromatic rings. The Hall–Kier alpha value is -3.41. The summed E-state index contributed by atoms with van der Waals surface area (Å²) in [5.41, 5.74) is 4.67. The molecule has 0 fully saturated rings.